The molecule has 0 aliphatic carbocycles. The Morgan fingerprint density at radius 2 is 1.81 bits per heavy atom. The highest BCUT2D eigenvalue weighted by Crippen LogP contribution is 2.33. The van der Waals surface area contributed by atoms with Gasteiger partial charge in [0.2, 0.25) is 5.13 Å². The van der Waals surface area contributed by atoms with Gasteiger partial charge in [-0.05, 0) is 30.3 Å². The van der Waals surface area contributed by atoms with Crippen molar-refractivity contribution < 1.29 is 9.47 Å². The van der Waals surface area contributed by atoms with E-state index in [0.717, 1.165) is 11.3 Å². The van der Waals surface area contributed by atoms with Gasteiger partial charge in [-0.15, -0.1) is 11.3 Å². The van der Waals surface area contributed by atoms with E-state index in [9.17, 15) is 0 Å². The summed E-state index contributed by atoms with van der Waals surface area (Å²) in [7, 11) is 3.20. The van der Waals surface area contributed by atoms with Gasteiger partial charge in [-0.2, -0.15) is 5.10 Å². The Morgan fingerprint density at radius 1 is 1.08 bits per heavy atom. The molecule has 0 atom stereocenters. The quantitative estimate of drug-likeness (QED) is 0.427. The smallest absolute Gasteiger partial charge is 0.203 e. The van der Waals surface area contributed by atoms with Crippen LogP contribution in [-0.2, 0) is 0 Å². The predicted molar refractivity (Wildman–Crippen MR) is 108 cm³/mol. The van der Waals surface area contributed by atoms with Gasteiger partial charge >= 0.3 is 0 Å². The van der Waals surface area contributed by atoms with Crippen LogP contribution in [0, 0.1) is 0 Å². The number of ether oxygens (including phenoxy) is 2. The summed E-state index contributed by atoms with van der Waals surface area (Å²) in [4.78, 5) is 4.52. The molecule has 0 saturated carbocycles. The van der Waals surface area contributed by atoms with Crippen LogP contribution in [0.1, 0.15) is 5.56 Å². The fourth-order valence-electron chi connectivity index (χ4n) is 2.24. The van der Waals surface area contributed by atoms with E-state index in [-0.39, 0.29) is 0 Å². The second kappa shape index (κ2) is 8.40. The number of hydrazone groups is 1. The molecule has 2 aromatic carbocycles. The van der Waals surface area contributed by atoms with Crippen molar-refractivity contribution in [1.82, 2.24) is 4.98 Å². The molecule has 0 aliphatic heterocycles. The van der Waals surface area contributed by atoms with Crippen molar-refractivity contribution in [1.29, 1.82) is 0 Å². The third-order valence-electron chi connectivity index (χ3n) is 3.54. The van der Waals surface area contributed by atoms with Crippen LogP contribution in [0.2, 0.25) is 10.0 Å². The van der Waals surface area contributed by atoms with E-state index < -0.39 is 0 Å². The lowest BCUT2D eigenvalue weighted by Gasteiger charge is -2.08. The molecule has 0 amide bonds. The number of nitrogens with one attached hydrogen (secondary N) is 1. The van der Waals surface area contributed by atoms with Crippen LogP contribution in [-0.4, -0.2) is 25.4 Å². The molecule has 1 heterocycles. The minimum absolute atomic E-state index is 0.535. The van der Waals surface area contributed by atoms with Crippen molar-refractivity contribution in [2.45, 2.75) is 0 Å². The zero-order valence-corrected chi connectivity index (χ0v) is 16.3. The van der Waals surface area contributed by atoms with Gasteiger partial charge < -0.3 is 9.47 Å². The number of anilines is 1. The highest BCUT2D eigenvalue weighted by Gasteiger charge is 2.09. The molecule has 1 aromatic heterocycles. The van der Waals surface area contributed by atoms with E-state index in [4.69, 9.17) is 32.7 Å². The number of halogens is 2. The lowest BCUT2D eigenvalue weighted by Crippen LogP contribution is -1.92. The SMILES string of the molecule is COc1ccc(-c2csc(N/N=C\c3c(Cl)cccc3Cl)n2)cc1OC. The van der Waals surface area contributed by atoms with E-state index in [2.05, 4.69) is 15.5 Å². The van der Waals surface area contributed by atoms with Gasteiger partial charge in [0.15, 0.2) is 11.5 Å². The maximum atomic E-state index is 6.11. The van der Waals surface area contributed by atoms with Crippen LogP contribution in [0.25, 0.3) is 11.3 Å². The normalized spacial score (nSPS) is 10.9. The molecule has 0 fully saturated rings. The average molecular weight is 408 g/mol. The summed E-state index contributed by atoms with van der Waals surface area (Å²) in [5, 5.41) is 7.81. The standard InChI is InChI=1S/C18H15Cl2N3O2S/c1-24-16-7-6-11(8-17(16)25-2)15-10-26-18(22-15)23-21-9-12-13(19)4-3-5-14(12)20/h3-10H,1-2H3,(H,22,23)/b21-9-. The zero-order valence-electron chi connectivity index (χ0n) is 14.0. The van der Waals surface area contributed by atoms with Crippen LogP contribution >= 0.6 is 34.5 Å². The number of nitrogens with zero attached hydrogens (tertiary/aromatic N) is 2. The van der Waals surface area contributed by atoms with Crippen LogP contribution in [0.15, 0.2) is 46.9 Å². The first-order chi connectivity index (χ1) is 12.6. The summed E-state index contributed by atoms with van der Waals surface area (Å²) in [6.07, 6.45) is 1.57. The molecule has 134 valence electrons. The van der Waals surface area contributed by atoms with Gasteiger partial charge in [0.25, 0.3) is 0 Å². The molecule has 0 aliphatic rings. The zero-order chi connectivity index (χ0) is 18.5. The number of hydrogen-bond acceptors (Lipinski definition) is 6. The molecule has 8 heteroatoms. The minimum atomic E-state index is 0.535. The topological polar surface area (TPSA) is 55.7 Å². The fraction of sp³-hybridized carbons (Fsp3) is 0.111. The molecular formula is C18H15Cl2N3O2S. The fourth-order valence-corrected chi connectivity index (χ4v) is 3.40. The maximum absolute atomic E-state index is 6.11. The third-order valence-corrected chi connectivity index (χ3v) is 4.94. The van der Waals surface area contributed by atoms with E-state index in [1.165, 1.54) is 11.3 Å². The summed E-state index contributed by atoms with van der Waals surface area (Å²) in [5.41, 5.74) is 5.28. The second-order valence-electron chi connectivity index (χ2n) is 5.11. The van der Waals surface area contributed by atoms with E-state index >= 15 is 0 Å². The Morgan fingerprint density at radius 3 is 2.50 bits per heavy atom. The van der Waals surface area contributed by atoms with E-state index in [1.807, 2.05) is 23.6 Å². The minimum Gasteiger partial charge on any atom is -0.493 e. The number of methoxy groups -OCH3 is 2. The van der Waals surface area contributed by atoms with Crippen LogP contribution < -0.4 is 14.9 Å². The summed E-state index contributed by atoms with van der Waals surface area (Å²) >= 11 is 13.7. The van der Waals surface area contributed by atoms with Gasteiger partial charge in [0, 0.05) is 16.5 Å². The second-order valence-corrected chi connectivity index (χ2v) is 6.79. The Balaban J connectivity index is 1.75. The summed E-state index contributed by atoms with van der Waals surface area (Å²) in [6, 6.07) is 10.9. The number of aromatic nitrogens is 1. The molecule has 1 N–H and O–H groups in total. The van der Waals surface area contributed by atoms with E-state index in [0.29, 0.717) is 32.2 Å². The molecule has 0 spiro atoms. The van der Waals surface area contributed by atoms with Crippen molar-refractivity contribution >= 4 is 45.9 Å². The van der Waals surface area contributed by atoms with Crippen molar-refractivity contribution in [2.24, 2.45) is 5.10 Å². The molecule has 0 saturated heterocycles. The van der Waals surface area contributed by atoms with Crippen molar-refractivity contribution in [3.05, 3.63) is 57.4 Å². The van der Waals surface area contributed by atoms with Gasteiger partial charge in [-0.1, -0.05) is 29.3 Å². The molecule has 5 nitrogen and oxygen atoms in total. The van der Waals surface area contributed by atoms with Crippen LogP contribution in [0.5, 0.6) is 11.5 Å². The Labute approximate surface area is 165 Å². The van der Waals surface area contributed by atoms with Crippen LogP contribution in [0.3, 0.4) is 0 Å². The predicted octanol–water partition coefficient (Wildman–Crippen LogP) is 5.58. The molecule has 3 aromatic rings. The van der Waals surface area contributed by atoms with Gasteiger partial charge in [0.1, 0.15) is 0 Å². The van der Waals surface area contributed by atoms with Crippen molar-refractivity contribution in [2.75, 3.05) is 19.6 Å². The largest absolute Gasteiger partial charge is 0.493 e. The summed E-state index contributed by atoms with van der Waals surface area (Å²) in [5.74, 6) is 1.32. The number of benzene rings is 2. The molecular weight excluding hydrogens is 393 g/mol. The van der Waals surface area contributed by atoms with Crippen molar-refractivity contribution in [3.63, 3.8) is 0 Å². The Hall–Kier alpha value is -2.28. The lowest BCUT2D eigenvalue weighted by molar-refractivity contribution is 0.355. The monoisotopic (exact) mass is 407 g/mol. The third kappa shape index (κ3) is 4.09. The maximum Gasteiger partial charge on any atom is 0.203 e. The van der Waals surface area contributed by atoms with Gasteiger partial charge in [-0.25, -0.2) is 4.98 Å². The first-order valence-electron chi connectivity index (χ1n) is 7.53. The van der Waals surface area contributed by atoms with Gasteiger partial charge in [0.05, 0.1) is 36.2 Å². The Bertz CT molecular complexity index is 924. The lowest BCUT2D eigenvalue weighted by atomic mass is 10.1. The summed E-state index contributed by atoms with van der Waals surface area (Å²) in [6.45, 7) is 0. The molecule has 0 bridgehead atoms. The molecule has 3 rings (SSSR count). The average Bonchev–Trinajstić information content (AvgIpc) is 3.12. The highest BCUT2D eigenvalue weighted by atomic mass is 35.5. The number of hydrogen-bond donors (Lipinski definition) is 1. The number of rotatable bonds is 6. The molecule has 26 heavy (non-hydrogen) atoms. The summed E-state index contributed by atoms with van der Waals surface area (Å²) < 4.78 is 10.6. The highest BCUT2D eigenvalue weighted by molar-refractivity contribution is 7.14. The van der Waals surface area contributed by atoms with Crippen LogP contribution in [0.4, 0.5) is 5.13 Å². The first-order valence-corrected chi connectivity index (χ1v) is 9.17. The molecule has 0 radical (unpaired) electrons. The molecule has 0 unspecified atom stereocenters. The number of thiazole rings is 1. The van der Waals surface area contributed by atoms with Gasteiger partial charge in [-0.3, -0.25) is 5.43 Å². The first kappa shape index (κ1) is 18.5. The van der Waals surface area contributed by atoms with E-state index in [1.54, 1.807) is 38.6 Å². The Kier molecular flexibility index (Phi) is 5.98. The van der Waals surface area contributed by atoms with Crippen molar-refractivity contribution in [3.8, 4) is 22.8 Å².